The van der Waals surface area contributed by atoms with E-state index in [1.807, 2.05) is 18.2 Å². The maximum Gasteiger partial charge on any atom is 0.285 e. The highest BCUT2D eigenvalue weighted by molar-refractivity contribution is 6.48. The van der Waals surface area contributed by atoms with Crippen molar-refractivity contribution in [1.82, 2.24) is 0 Å². The average molecular weight is 192 g/mol. The number of benzene rings is 1. The summed E-state index contributed by atoms with van der Waals surface area (Å²) in [6.45, 7) is 1.55. The van der Waals surface area contributed by atoms with E-state index >= 15 is 0 Å². The van der Waals surface area contributed by atoms with Crippen LogP contribution in [0.2, 0.25) is 13.1 Å². The lowest BCUT2D eigenvalue weighted by molar-refractivity contribution is 0.0994. The van der Waals surface area contributed by atoms with Gasteiger partial charge in [-0.25, -0.2) is 0 Å². The highest BCUT2D eigenvalue weighted by atomic mass is 16.5. The predicted molar refractivity (Wildman–Crippen MR) is 59.5 cm³/mol. The summed E-state index contributed by atoms with van der Waals surface area (Å²) in [5.41, 5.74) is 1.18. The third-order valence-corrected chi connectivity index (χ3v) is 2.30. The molecule has 0 aromatic heterocycles. The van der Waals surface area contributed by atoms with E-state index in [4.69, 9.17) is 4.74 Å². The third kappa shape index (κ3) is 3.52. The molecule has 0 radical (unpaired) electrons. The Kier molecular flexibility index (Phi) is 4.70. The number of methoxy groups -OCH3 is 1. The molecule has 1 rings (SSSR count). The molecule has 3 heteroatoms. The Morgan fingerprint density at radius 1 is 1.36 bits per heavy atom. The van der Waals surface area contributed by atoms with Gasteiger partial charge in [0, 0.05) is 7.11 Å². The van der Waals surface area contributed by atoms with Crippen LogP contribution in [-0.2, 0) is 4.74 Å². The van der Waals surface area contributed by atoms with Gasteiger partial charge < -0.3 is 9.76 Å². The number of hydrogen-bond donors (Lipinski definition) is 1. The lowest BCUT2D eigenvalue weighted by Crippen LogP contribution is -2.09. The van der Waals surface area contributed by atoms with Gasteiger partial charge in [0.1, 0.15) is 0 Å². The van der Waals surface area contributed by atoms with Gasteiger partial charge >= 0.3 is 0 Å². The predicted octanol–water partition coefficient (Wildman–Crippen LogP) is 2.38. The first-order valence-corrected chi connectivity index (χ1v) is 5.00. The summed E-state index contributed by atoms with van der Waals surface area (Å²) in [7, 11) is 1.71. The van der Waals surface area contributed by atoms with Gasteiger partial charge in [0.05, 0.1) is 6.10 Å². The molecule has 0 saturated heterocycles. The minimum atomic E-state index is -0.253. The fourth-order valence-corrected chi connectivity index (χ4v) is 1.48. The first-order chi connectivity index (χ1) is 6.74. The molecule has 0 heterocycles. The standard InChI is InChI=1S/C11H17BO2/c1-12(13)9-8-11(14-2)10-6-4-3-5-7-10/h3-7,11,13H,8-9H2,1-2H3. The van der Waals surface area contributed by atoms with Gasteiger partial charge in [0.25, 0.3) is 6.92 Å². The second-order valence-electron chi connectivity index (χ2n) is 3.56. The van der Waals surface area contributed by atoms with Crippen LogP contribution in [0.15, 0.2) is 30.3 Å². The molecule has 14 heavy (non-hydrogen) atoms. The smallest absolute Gasteiger partial charge is 0.285 e. The summed E-state index contributed by atoms with van der Waals surface area (Å²) < 4.78 is 5.38. The van der Waals surface area contributed by atoms with E-state index < -0.39 is 0 Å². The molecule has 1 N–H and O–H groups in total. The van der Waals surface area contributed by atoms with Crippen LogP contribution in [0, 0.1) is 0 Å². The summed E-state index contributed by atoms with van der Waals surface area (Å²) in [6.07, 6.45) is 1.73. The molecule has 0 aliphatic heterocycles. The Balaban J connectivity index is 2.54. The zero-order valence-corrected chi connectivity index (χ0v) is 8.81. The van der Waals surface area contributed by atoms with Crippen LogP contribution >= 0.6 is 0 Å². The second-order valence-corrected chi connectivity index (χ2v) is 3.56. The summed E-state index contributed by atoms with van der Waals surface area (Å²) in [4.78, 5) is 0. The van der Waals surface area contributed by atoms with E-state index in [0.29, 0.717) is 0 Å². The lowest BCUT2D eigenvalue weighted by atomic mass is 9.66. The largest absolute Gasteiger partial charge is 0.451 e. The summed E-state index contributed by atoms with van der Waals surface area (Å²) >= 11 is 0. The summed E-state index contributed by atoms with van der Waals surface area (Å²) in [5, 5.41) is 9.19. The number of hydrogen-bond acceptors (Lipinski definition) is 2. The van der Waals surface area contributed by atoms with Gasteiger partial charge in [0.2, 0.25) is 0 Å². The molecule has 0 bridgehead atoms. The van der Waals surface area contributed by atoms with Gasteiger partial charge in [-0.2, -0.15) is 0 Å². The maximum atomic E-state index is 9.19. The molecule has 0 aliphatic rings. The van der Waals surface area contributed by atoms with Gasteiger partial charge in [-0.15, -0.1) is 0 Å². The summed E-state index contributed by atoms with van der Waals surface area (Å²) in [5.74, 6) is 0. The van der Waals surface area contributed by atoms with Crippen LogP contribution in [0.25, 0.3) is 0 Å². The molecule has 0 saturated carbocycles. The molecular formula is C11H17BO2. The van der Waals surface area contributed by atoms with Crippen LogP contribution in [0.1, 0.15) is 18.1 Å². The minimum absolute atomic E-state index is 0.103. The lowest BCUT2D eigenvalue weighted by Gasteiger charge is -2.15. The first-order valence-electron chi connectivity index (χ1n) is 5.00. The van der Waals surface area contributed by atoms with Crippen molar-refractivity contribution in [2.24, 2.45) is 0 Å². The van der Waals surface area contributed by atoms with E-state index in [0.717, 1.165) is 12.7 Å². The topological polar surface area (TPSA) is 29.5 Å². The van der Waals surface area contributed by atoms with E-state index in [1.165, 1.54) is 5.56 Å². The van der Waals surface area contributed by atoms with Crippen molar-refractivity contribution >= 4 is 6.92 Å². The van der Waals surface area contributed by atoms with Crippen molar-refractivity contribution in [2.75, 3.05) is 7.11 Å². The van der Waals surface area contributed by atoms with Crippen LogP contribution in [-0.4, -0.2) is 19.0 Å². The van der Waals surface area contributed by atoms with Crippen molar-refractivity contribution in [2.45, 2.75) is 25.7 Å². The molecule has 1 aromatic carbocycles. The zero-order chi connectivity index (χ0) is 10.4. The van der Waals surface area contributed by atoms with Gasteiger partial charge in [0.15, 0.2) is 0 Å². The van der Waals surface area contributed by atoms with E-state index in [9.17, 15) is 5.02 Å². The Bertz CT molecular complexity index is 249. The Labute approximate surface area is 86.0 Å². The van der Waals surface area contributed by atoms with E-state index in [1.54, 1.807) is 13.9 Å². The zero-order valence-electron chi connectivity index (χ0n) is 8.81. The quantitative estimate of drug-likeness (QED) is 0.725. The van der Waals surface area contributed by atoms with Crippen molar-refractivity contribution < 1.29 is 9.76 Å². The second kappa shape index (κ2) is 5.84. The molecule has 1 aromatic rings. The Hall–Kier alpha value is -0.795. The van der Waals surface area contributed by atoms with Crippen LogP contribution in [0.3, 0.4) is 0 Å². The van der Waals surface area contributed by atoms with Crippen LogP contribution in [0.4, 0.5) is 0 Å². The molecule has 1 atom stereocenters. The molecule has 0 fully saturated rings. The van der Waals surface area contributed by atoms with Crippen LogP contribution in [0.5, 0.6) is 0 Å². The first kappa shape index (κ1) is 11.3. The molecule has 0 aliphatic carbocycles. The van der Waals surface area contributed by atoms with Gasteiger partial charge in [-0.05, 0) is 18.3 Å². The number of ether oxygens (including phenoxy) is 1. The fraction of sp³-hybridized carbons (Fsp3) is 0.455. The van der Waals surface area contributed by atoms with Crippen molar-refractivity contribution in [3.8, 4) is 0 Å². The normalized spacial score (nSPS) is 12.5. The monoisotopic (exact) mass is 192 g/mol. The summed E-state index contributed by atoms with van der Waals surface area (Å²) in [6, 6.07) is 10.1. The van der Waals surface area contributed by atoms with Crippen molar-refractivity contribution in [3.63, 3.8) is 0 Å². The minimum Gasteiger partial charge on any atom is -0.451 e. The molecule has 2 nitrogen and oxygen atoms in total. The highest BCUT2D eigenvalue weighted by Gasteiger charge is 2.12. The average Bonchev–Trinajstić information content (AvgIpc) is 2.20. The molecule has 1 unspecified atom stereocenters. The Morgan fingerprint density at radius 2 is 2.00 bits per heavy atom. The molecular weight excluding hydrogens is 175 g/mol. The number of rotatable bonds is 5. The van der Waals surface area contributed by atoms with Gasteiger partial charge in [-0.1, -0.05) is 37.2 Å². The fourth-order valence-electron chi connectivity index (χ4n) is 1.48. The van der Waals surface area contributed by atoms with Crippen molar-refractivity contribution in [3.05, 3.63) is 35.9 Å². The Morgan fingerprint density at radius 3 is 2.50 bits per heavy atom. The van der Waals surface area contributed by atoms with E-state index in [-0.39, 0.29) is 13.0 Å². The van der Waals surface area contributed by atoms with Crippen LogP contribution < -0.4 is 0 Å². The van der Waals surface area contributed by atoms with Gasteiger partial charge in [-0.3, -0.25) is 0 Å². The molecule has 0 amide bonds. The van der Waals surface area contributed by atoms with E-state index in [2.05, 4.69) is 12.1 Å². The molecule has 0 spiro atoms. The maximum absolute atomic E-state index is 9.19. The highest BCUT2D eigenvalue weighted by Crippen LogP contribution is 2.22. The molecule has 76 valence electrons. The SMILES string of the molecule is COC(CCB(C)O)c1ccccc1. The third-order valence-electron chi connectivity index (χ3n) is 2.30. The van der Waals surface area contributed by atoms with Crippen molar-refractivity contribution in [1.29, 1.82) is 0 Å².